The van der Waals surface area contributed by atoms with Gasteiger partial charge < -0.3 is 0 Å². The Morgan fingerprint density at radius 2 is 1.95 bits per heavy atom. The quantitative estimate of drug-likeness (QED) is 0.820. The van der Waals surface area contributed by atoms with Crippen molar-refractivity contribution in [3.63, 3.8) is 0 Å². The summed E-state index contributed by atoms with van der Waals surface area (Å²) in [5.74, 6) is 0.266. The van der Waals surface area contributed by atoms with Crippen molar-refractivity contribution in [2.24, 2.45) is 0 Å². The molecule has 0 N–H and O–H groups in total. The van der Waals surface area contributed by atoms with E-state index in [0.717, 1.165) is 31.5 Å². The van der Waals surface area contributed by atoms with Gasteiger partial charge in [0.05, 0.1) is 16.1 Å². The maximum absolute atomic E-state index is 11.8. The zero-order valence-electron chi connectivity index (χ0n) is 11.2. The van der Waals surface area contributed by atoms with Crippen molar-refractivity contribution in [1.82, 2.24) is 4.90 Å². The van der Waals surface area contributed by atoms with Gasteiger partial charge in [-0.25, -0.2) is 0 Å². The van der Waals surface area contributed by atoms with Crippen molar-refractivity contribution in [3.8, 4) is 0 Å². The summed E-state index contributed by atoms with van der Waals surface area (Å²) in [6.45, 7) is 3.79. The number of rotatable bonds is 5. The third-order valence-electron chi connectivity index (χ3n) is 3.74. The number of Topliss-reactive ketones (excluding diaryl/α,β-unsaturated/α-hetero) is 1. The monoisotopic (exact) mass is 299 g/mol. The molecule has 1 saturated heterocycles. The van der Waals surface area contributed by atoms with Crippen molar-refractivity contribution in [1.29, 1.82) is 0 Å². The van der Waals surface area contributed by atoms with E-state index in [1.807, 2.05) is 18.2 Å². The molecule has 1 unspecified atom stereocenters. The van der Waals surface area contributed by atoms with Crippen LogP contribution < -0.4 is 0 Å². The van der Waals surface area contributed by atoms with Gasteiger partial charge in [0.1, 0.15) is 5.78 Å². The summed E-state index contributed by atoms with van der Waals surface area (Å²) in [7, 11) is 0. The van der Waals surface area contributed by atoms with E-state index in [4.69, 9.17) is 23.2 Å². The lowest BCUT2D eigenvalue weighted by atomic mass is 10.0. The third kappa shape index (κ3) is 3.95. The first-order valence-electron chi connectivity index (χ1n) is 6.76. The van der Waals surface area contributed by atoms with E-state index in [1.165, 1.54) is 12.8 Å². The molecule has 1 aromatic carbocycles. The number of hydrogen-bond donors (Lipinski definition) is 0. The van der Waals surface area contributed by atoms with Crippen LogP contribution in [0, 0.1) is 0 Å². The lowest BCUT2D eigenvalue weighted by Crippen LogP contribution is -2.38. The lowest BCUT2D eigenvalue weighted by Gasteiger charge is -2.25. The fraction of sp³-hybridized carbons (Fsp3) is 0.533. The summed E-state index contributed by atoms with van der Waals surface area (Å²) < 4.78 is 0. The number of benzene rings is 1. The number of nitrogens with zero attached hydrogens (tertiary/aromatic N) is 1. The summed E-state index contributed by atoms with van der Waals surface area (Å²) in [5, 5.41) is 1.16. The average molecular weight is 300 g/mol. The van der Waals surface area contributed by atoms with Crippen molar-refractivity contribution in [2.75, 3.05) is 13.1 Å². The molecule has 0 saturated carbocycles. The Morgan fingerprint density at radius 3 is 2.53 bits per heavy atom. The number of halogens is 2. The molecule has 0 spiro atoms. The van der Waals surface area contributed by atoms with Gasteiger partial charge in [-0.2, -0.15) is 0 Å². The summed E-state index contributed by atoms with van der Waals surface area (Å²) in [6, 6.07) is 5.75. The second-order valence-electron chi connectivity index (χ2n) is 5.16. The van der Waals surface area contributed by atoms with Crippen molar-refractivity contribution >= 4 is 29.0 Å². The van der Waals surface area contributed by atoms with Crippen molar-refractivity contribution < 1.29 is 4.79 Å². The first-order chi connectivity index (χ1) is 9.08. The molecule has 1 atom stereocenters. The van der Waals surface area contributed by atoms with E-state index in [-0.39, 0.29) is 11.8 Å². The smallest absolute Gasteiger partial charge is 0.146 e. The molecule has 19 heavy (non-hydrogen) atoms. The molecule has 2 rings (SSSR count). The first kappa shape index (κ1) is 14.8. The van der Waals surface area contributed by atoms with Gasteiger partial charge in [0.25, 0.3) is 0 Å². The van der Waals surface area contributed by atoms with E-state index >= 15 is 0 Å². The highest BCUT2D eigenvalue weighted by molar-refractivity contribution is 6.42. The van der Waals surface area contributed by atoms with E-state index in [2.05, 4.69) is 4.90 Å². The lowest BCUT2D eigenvalue weighted by molar-refractivity contribution is -0.122. The summed E-state index contributed by atoms with van der Waals surface area (Å²) in [6.07, 6.45) is 4.12. The highest BCUT2D eigenvalue weighted by atomic mass is 35.5. The predicted octanol–water partition coefficient (Wildman–Crippen LogP) is 3.98. The van der Waals surface area contributed by atoms with E-state index in [9.17, 15) is 4.79 Å². The Labute approximate surface area is 124 Å². The highest BCUT2D eigenvalue weighted by Crippen LogP contribution is 2.24. The SMILES string of the molecule is CC(=O)C(CCc1ccc(Cl)c(Cl)c1)N1CCCC1. The number of hydrogen-bond acceptors (Lipinski definition) is 2. The molecule has 1 aliphatic heterocycles. The standard InChI is InChI=1S/C15H19Cl2NO/c1-11(19)15(18-8-2-3-9-18)7-5-12-4-6-13(16)14(17)10-12/h4,6,10,15H,2-3,5,7-9H2,1H3. The Hall–Kier alpha value is -0.570. The van der Waals surface area contributed by atoms with Crippen LogP contribution in [0.2, 0.25) is 10.0 Å². The molecular formula is C15H19Cl2NO. The van der Waals surface area contributed by atoms with E-state index in [1.54, 1.807) is 6.92 Å². The van der Waals surface area contributed by atoms with Crippen LogP contribution in [0.5, 0.6) is 0 Å². The Morgan fingerprint density at radius 1 is 1.26 bits per heavy atom. The highest BCUT2D eigenvalue weighted by Gasteiger charge is 2.25. The maximum Gasteiger partial charge on any atom is 0.146 e. The minimum absolute atomic E-state index is 0.0527. The largest absolute Gasteiger partial charge is 0.298 e. The van der Waals surface area contributed by atoms with Gasteiger partial charge in [0.15, 0.2) is 0 Å². The molecule has 0 bridgehead atoms. The van der Waals surface area contributed by atoms with Crippen LogP contribution in [0.15, 0.2) is 18.2 Å². The van der Waals surface area contributed by atoms with E-state index in [0.29, 0.717) is 10.0 Å². The second-order valence-corrected chi connectivity index (χ2v) is 5.97. The number of carbonyl (C=O) groups is 1. The molecule has 1 aromatic rings. The van der Waals surface area contributed by atoms with Crippen LogP contribution in [0.3, 0.4) is 0 Å². The molecule has 104 valence electrons. The summed E-state index contributed by atoms with van der Waals surface area (Å²) >= 11 is 11.9. The molecule has 0 radical (unpaired) electrons. The van der Waals surface area contributed by atoms with Gasteiger partial charge in [0, 0.05) is 0 Å². The minimum atomic E-state index is 0.0527. The summed E-state index contributed by atoms with van der Waals surface area (Å²) in [4.78, 5) is 14.1. The molecule has 4 heteroatoms. The van der Waals surface area contributed by atoms with Gasteiger partial charge in [0.2, 0.25) is 0 Å². The average Bonchev–Trinajstić information content (AvgIpc) is 2.87. The van der Waals surface area contributed by atoms with Gasteiger partial charge in [-0.3, -0.25) is 9.69 Å². The van der Waals surface area contributed by atoms with Crippen LogP contribution >= 0.6 is 23.2 Å². The number of carbonyl (C=O) groups excluding carboxylic acids is 1. The fourth-order valence-electron chi connectivity index (χ4n) is 2.69. The Bertz CT molecular complexity index is 455. The molecule has 1 heterocycles. The maximum atomic E-state index is 11.8. The van der Waals surface area contributed by atoms with Crippen LogP contribution in [-0.2, 0) is 11.2 Å². The predicted molar refractivity (Wildman–Crippen MR) is 80.1 cm³/mol. The first-order valence-corrected chi connectivity index (χ1v) is 7.52. The fourth-order valence-corrected chi connectivity index (χ4v) is 3.02. The molecule has 1 aliphatic rings. The zero-order valence-corrected chi connectivity index (χ0v) is 12.7. The Kier molecular flexibility index (Phi) is 5.26. The summed E-state index contributed by atoms with van der Waals surface area (Å²) in [5.41, 5.74) is 1.14. The second kappa shape index (κ2) is 6.74. The van der Waals surface area contributed by atoms with E-state index < -0.39 is 0 Å². The normalized spacial score (nSPS) is 17.6. The molecule has 1 fully saturated rings. The van der Waals surface area contributed by atoms with Crippen LogP contribution in [-0.4, -0.2) is 29.8 Å². The molecule has 2 nitrogen and oxygen atoms in total. The van der Waals surface area contributed by atoms with Crippen LogP contribution in [0.25, 0.3) is 0 Å². The van der Waals surface area contributed by atoms with Gasteiger partial charge in [-0.15, -0.1) is 0 Å². The topological polar surface area (TPSA) is 20.3 Å². The van der Waals surface area contributed by atoms with Crippen molar-refractivity contribution in [2.45, 2.75) is 38.6 Å². The number of likely N-dealkylation sites (tertiary alicyclic amines) is 1. The Balaban J connectivity index is 1.98. The zero-order chi connectivity index (χ0) is 13.8. The minimum Gasteiger partial charge on any atom is -0.298 e. The van der Waals surface area contributed by atoms with Gasteiger partial charge in [-0.05, 0) is 63.4 Å². The molecular weight excluding hydrogens is 281 g/mol. The molecule has 0 amide bonds. The molecule has 0 aromatic heterocycles. The van der Waals surface area contributed by atoms with Crippen LogP contribution in [0.1, 0.15) is 31.7 Å². The number of ketones is 1. The number of aryl methyl sites for hydroxylation is 1. The molecule has 0 aliphatic carbocycles. The van der Waals surface area contributed by atoms with Gasteiger partial charge >= 0.3 is 0 Å². The van der Waals surface area contributed by atoms with Gasteiger partial charge in [-0.1, -0.05) is 29.3 Å². The van der Waals surface area contributed by atoms with Crippen LogP contribution in [0.4, 0.5) is 0 Å². The third-order valence-corrected chi connectivity index (χ3v) is 4.48. The van der Waals surface area contributed by atoms with Crippen molar-refractivity contribution in [3.05, 3.63) is 33.8 Å².